The molecule has 0 saturated carbocycles. The summed E-state index contributed by atoms with van der Waals surface area (Å²) in [5.41, 5.74) is 1.61. The second-order valence-electron chi connectivity index (χ2n) is 7.79. The van der Waals surface area contributed by atoms with E-state index in [0.717, 1.165) is 62.8 Å². The fourth-order valence-electron chi connectivity index (χ4n) is 4.46. The highest BCUT2D eigenvalue weighted by molar-refractivity contribution is 5.98. The molecular formula is C21H25N3O2. The zero-order valence-electron chi connectivity index (χ0n) is 15.3. The van der Waals surface area contributed by atoms with Crippen LogP contribution in [0.2, 0.25) is 0 Å². The predicted octanol–water partition coefficient (Wildman–Crippen LogP) is 3.10. The highest BCUT2D eigenvalue weighted by Crippen LogP contribution is 2.39. The Hall–Kier alpha value is -2.43. The third-order valence-electron chi connectivity index (χ3n) is 5.94. The van der Waals surface area contributed by atoms with E-state index in [9.17, 15) is 9.59 Å². The van der Waals surface area contributed by atoms with Gasteiger partial charge in [0.05, 0.1) is 5.52 Å². The molecule has 26 heavy (non-hydrogen) atoms. The van der Waals surface area contributed by atoms with Crippen molar-refractivity contribution in [3.05, 3.63) is 42.1 Å². The van der Waals surface area contributed by atoms with Gasteiger partial charge in [0.15, 0.2) is 0 Å². The van der Waals surface area contributed by atoms with Gasteiger partial charge in [0, 0.05) is 55.7 Å². The van der Waals surface area contributed by atoms with Gasteiger partial charge in [-0.3, -0.25) is 14.6 Å². The van der Waals surface area contributed by atoms with Crippen molar-refractivity contribution in [3.8, 4) is 0 Å². The maximum absolute atomic E-state index is 13.0. The third kappa shape index (κ3) is 3.18. The molecule has 3 heterocycles. The summed E-state index contributed by atoms with van der Waals surface area (Å²) in [6, 6.07) is 9.65. The Kier molecular flexibility index (Phi) is 4.39. The molecule has 0 bridgehead atoms. The highest BCUT2D eigenvalue weighted by atomic mass is 16.2. The molecule has 0 N–H and O–H groups in total. The van der Waals surface area contributed by atoms with Crippen LogP contribution in [0, 0.1) is 5.41 Å². The molecule has 4 rings (SSSR count). The summed E-state index contributed by atoms with van der Waals surface area (Å²) in [5.74, 6) is 0.227. The van der Waals surface area contributed by atoms with Gasteiger partial charge in [-0.25, -0.2) is 0 Å². The van der Waals surface area contributed by atoms with Crippen molar-refractivity contribution in [2.75, 3.05) is 26.2 Å². The van der Waals surface area contributed by atoms with Crippen molar-refractivity contribution in [2.24, 2.45) is 5.41 Å². The van der Waals surface area contributed by atoms with Crippen LogP contribution < -0.4 is 0 Å². The fourth-order valence-corrected chi connectivity index (χ4v) is 4.46. The van der Waals surface area contributed by atoms with Crippen LogP contribution in [0.4, 0.5) is 0 Å². The molecule has 2 aromatic rings. The van der Waals surface area contributed by atoms with Crippen LogP contribution in [0.1, 0.15) is 43.0 Å². The lowest BCUT2D eigenvalue weighted by molar-refractivity contribution is -0.130. The Morgan fingerprint density at radius 1 is 1.04 bits per heavy atom. The maximum Gasteiger partial charge on any atom is 0.253 e. The minimum atomic E-state index is 0.0624. The summed E-state index contributed by atoms with van der Waals surface area (Å²) in [6.07, 6.45) is 6.02. The Balaban J connectivity index is 1.53. The molecule has 1 spiro atoms. The molecule has 136 valence electrons. The lowest BCUT2D eigenvalue weighted by atomic mass is 9.82. The van der Waals surface area contributed by atoms with Gasteiger partial charge in [-0.05, 0) is 37.5 Å². The van der Waals surface area contributed by atoms with Gasteiger partial charge >= 0.3 is 0 Å². The van der Waals surface area contributed by atoms with Gasteiger partial charge in [-0.15, -0.1) is 0 Å². The highest BCUT2D eigenvalue weighted by Gasteiger charge is 2.42. The molecule has 5 heteroatoms. The number of fused-ring (bicyclic) bond motifs is 1. The SMILES string of the molecule is CC(=O)N1CCCCC2(CCN(C(=O)c3ccc4cccnc4c3)C2)C1. The molecule has 5 nitrogen and oxygen atoms in total. The first-order valence-electron chi connectivity index (χ1n) is 9.46. The molecule has 2 aliphatic heterocycles. The zero-order chi connectivity index (χ0) is 18.1. The first-order chi connectivity index (χ1) is 12.6. The first-order valence-corrected chi connectivity index (χ1v) is 9.46. The average molecular weight is 351 g/mol. The topological polar surface area (TPSA) is 53.5 Å². The van der Waals surface area contributed by atoms with Crippen LogP contribution in [0.15, 0.2) is 36.5 Å². The molecule has 2 aliphatic rings. The summed E-state index contributed by atoms with van der Waals surface area (Å²) in [7, 11) is 0. The summed E-state index contributed by atoms with van der Waals surface area (Å²) in [6.45, 7) is 4.80. The van der Waals surface area contributed by atoms with Crippen molar-refractivity contribution >= 4 is 22.7 Å². The smallest absolute Gasteiger partial charge is 0.253 e. The Bertz CT molecular complexity index is 850. The largest absolute Gasteiger partial charge is 0.342 e. The number of carbonyl (C=O) groups is 2. The average Bonchev–Trinajstić information content (AvgIpc) is 2.94. The molecular weight excluding hydrogens is 326 g/mol. The second-order valence-corrected chi connectivity index (χ2v) is 7.79. The van der Waals surface area contributed by atoms with Gasteiger partial charge in [0.1, 0.15) is 0 Å². The predicted molar refractivity (Wildman–Crippen MR) is 101 cm³/mol. The first kappa shape index (κ1) is 17.0. The van der Waals surface area contributed by atoms with Crippen LogP contribution in [-0.4, -0.2) is 52.8 Å². The van der Waals surface area contributed by atoms with Crippen molar-refractivity contribution in [1.29, 1.82) is 0 Å². The molecule has 0 radical (unpaired) electrons. The van der Waals surface area contributed by atoms with E-state index in [1.807, 2.05) is 40.1 Å². The zero-order valence-corrected chi connectivity index (χ0v) is 15.3. The molecule has 2 fully saturated rings. The number of aromatic nitrogens is 1. The summed E-state index contributed by atoms with van der Waals surface area (Å²) >= 11 is 0. The van der Waals surface area contributed by atoms with E-state index in [2.05, 4.69) is 4.98 Å². The fraction of sp³-hybridized carbons (Fsp3) is 0.476. The number of amides is 2. The Labute approximate surface area is 154 Å². The number of hydrogen-bond donors (Lipinski definition) is 0. The van der Waals surface area contributed by atoms with Gasteiger partial charge in [-0.2, -0.15) is 0 Å². The summed E-state index contributed by atoms with van der Waals surface area (Å²) in [4.78, 5) is 33.2. The molecule has 1 aromatic heterocycles. The standard InChI is InChI=1S/C21H25N3O2/c1-16(25)23-11-3-2-8-21(14-23)9-12-24(15-21)20(26)18-7-6-17-5-4-10-22-19(17)13-18/h4-7,10,13H,2-3,8-9,11-12,14-15H2,1H3. The minimum absolute atomic E-state index is 0.0624. The van der Waals surface area contributed by atoms with Gasteiger partial charge in [0.2, 0.25) is 5.91 Å². The van der Waals surface area contributed by atoms with E-state index < -0.39 is 0 Å². The minimum Gasteiger partial charge on any atom is -0.342 e. The lowest BCUT2D eigenvalue weighted by Crippen LogP contribution is -2.41. The molecule has 1 unspecified atom stereocenters. The van der Waals surface area contributed by atoms with Crippen molar-refractivity contribution < 1.29 is 9.59 Å². The number of carbonyl (C=O) groups excluding carboxylic acids is 2. The van der Waals surface area contributed by atoms with Gasteiger partial charge in [-0.1, -0.05) is 18.6 Å². The summed E-state index contributed by atoms with van der Waals surface area (Å²) in [5, 5.41) is 1.04. The van der Waals surface area contributed by atoms with E-state index in [4.69, 9.17) is 0 Å². The normalized spacial score (nSPS) is 23.4. The number of likely N-dealkylation sites (tertiary alicyclic amines) is 2. The molecule has 2 saturated heterocycles. The van der Waals surface area contributed by atoms with Crippen molar-refractivity contribution in [2.45, 2.75) is 32.6 Å². The van der Waals surface area contributed by atoms with Crippen molar-refractivity contribution in [3.63, 3.8) is 0 Å². The quantitative estimate of drug-likeness (QED) is 0.793. The van der Waals surface area contributed by atoms with Gasteiger partial charge < -0.3 is 9.80 Å². The number of pyridine rings is 1. The van der Waals surface area contributed by atoms with Gasteiger partial charge in [0.25, 0.3) is 5.91 Å². The number of rotatable bonds is 1. The van der Waals surface area contributed by atoms with Crippen LogP contribution >= 0.6 is 0 Å². The van der Waals surface area contributed by atoms with Crippen molar-refractivity contribution in [1.82, 2.24) is 14.8 Å². The molecule has 2 amide bonds. The number of hydrogen-bond acceptors (Lipinski definition) is 3. The lowest BCUT2D eigenvalue weighted by Gasteiger charge is -2.32. The van der Waals surface area contributed by atoms with E-state index in [-0.39, 0.29) is 17.2 Å². The maximum atomic E-state index is 13.0. The van der Waals surface area contributed by atoms with E-state index in [1.54, 1.807) is 13.1 Å². The van der Waals surface area contributed by atoms with Crippen LogP contribution in [-0.2, 0) is 4.79 Å². The Morgan fingerprint density at radius 2 is 1.88 bits per heavy atom. The Morgan fingerprint density at radius 3 is 2.73 bits per heavy atom. The summed E-state index contributed by atoms with van der Waals surface area (Å²) < 4.78 is 0. The van der Waals surface area contributed by atoms with E-state index >= 15 is 0 Å². The monoisotopic (exact) mass is 351 g/mol. The third-order valence-corrected chi connectivity index (χ3v) is 5.94. The molecule has 0 aliphatic carbocycles. The van der Waals surface area contributed by atoms with Crippen LogP contribution in [0.25, 0.3) is 10.9 Å². The van der Waals surface area contributed by atoms with Crippen LogP contribution in [0.3, 0.4) is 0 Å². The molecule has 1 aromatic carbocycles. The molecule has 1 atom stereocenters. The second kappa shape index (κ2) is 6.71. The number of nitrogens with zero attached hydrogens (tertiary/aromatic N) is 3. The number of benzene rings is 1. The van der Waals surface area contributed by atoms with Crippen LogP contribution in [0.5, 0.6) is 0 Å². The van der Waals surface area contributed by atoms with E-state index in [1.165, 1.54) is 0 Å². The van der Waals surface area contributed by atoms with E-state index in [0.29, 0.717) is 5.56 Å².